The number of hydrogen-bond acceptors (Lipinski definition) is 2. The van der Waals surface area contributed by atoms with Gasteiger partial charge in [0.15, 0.2) is 0 Å². The molecule has 60 heavy (non-hydrogen) atoms. The van der Waals surface area contributed by atoms with Crippen LogP contribution in [-0.2, 0) is 0 Å². The van der Waals surface area contributed by atoms with Gasteiger partial charge in [-0.05, 0) is 230 Å². The van der Waals surface area contributed by atoms with Crippen molar-refractivity contribution in [3.05, 3.63) is 57.7 Å². The zero-order valence-electron chi connectivity index (χ0n) is 41.3. The second kappa shape index (κ2) is 18.2. The standard InChI is InChI=1S/C29H48O.C29H46O/c2*1-7-21(19(2)3)9-8-20(4)25-12-13-26-24-11-10-22-18-23(30)14-16-28(22,5)27(24)15-17-29(25,26)6/h7,10,19-20,23-27,30H,8-9,11-18H2,1-6H3;10-11,20,23,25-27,30H,7-9,12-18H2,1-6H3/b21-7-;. The Kier molecular flexibility index (Phi) is 14.2. The van der Waals surface area contributed by atoms with E-state index < -0.39 is 0 Å². The van der Waals surface area contributed by atoms with Crippen LogP contribution in [0.25, 0.3) is 0 Å². The Morgan fingerprint density at radius 1 is 0.683 bits per heavy atom. The van der Waals surface area contributed by atoms with Crippen molar-refractivity contribution in [3.8, 4) is 0 Å². The third-order valence-electron chi connectivity index (χ3n) is 21.2. The lowest BCUT2D eigenvalue weighted by Crippen LogP contribution is -2.50. The molecule has 0 heterocycles. The van der Waals surface area contributed by atoms with E-state index in [9.17, 15) is 10.2 Å². The number of allylic oxidation sites excluding steroid dienone is 8. The van der Waals surface area contributed by atoms with Gasteiger partial charge < -0.3 is 10.2 Å². The van der Waals surface area contributed by atoms with E-state index in [-0.39, 0.29) is 12.2 Å². The van der Waals surface area contributed by atoms with Crippen LogP contribution in [0, 0.1) is 80.8 Å². The van der Waals surface area contributed by atoms with Crippen LogP contribution in [0.1, 0.15) is 212 Å². The zero-order valence-corrected chi connectivity index (χ0v) is 41.3. The van der Waals surface area contributed by atoms with E-state index in [0.29, 0.717) is 27.6 Å². The molecule has 0 aliphatic heterocycles. The SMILES string of the molecule is C/C=C(/CCC(C)C1CCC2C3CC=C4CC(O)CCC4(C)C3CCC12C)C(C)C.CCC(CCC(C)C1CCC2C3=CC=C4CC(O)CCC4(C)C3CCC21C)=C(C)C. The lowest BCUT2D eigenvalue weighted by Gasteiger charge is -2.58. The van der Waals surface area contributed by atoms with E-state index in [4.69, 9.17) is 0 Å². The molecule has 2 N–H and O–H groups in total. The first-order valence-corrected chi connectivity index (χ1v) is 26.2. The summed E-state index contributed by atoms with van der Waals surface area (Å²) >= 11 is 0. The van der Waals surface area contributed by atoms with E-state index in [1.54, 1.807) is 27.9 Å². The predicted molar refractivity (Wildman–Crippen MR) is 256 cm³/mol. The maximum absolute atomic E-state index is 10.2. The van der Waals surface area contributed by atoms with Gasteiger partial charge in [-0.1, -0.05) is 120 Å². The van der Waals surface area contributed by atoms with Crippen LogP contribution in [-0.4, -0.2) is 22.4 Å². The van der Waals surface area contributed by atoms with Gasteiger partial charge in [-0.2, -0.15) is 0 Å². The summed E-state index contributed by atoms with van der Waals surface area (Å²) in [5, 5.41) is 20.5. The molecule has 0 aromatic rings. The number of aliphatic hydroxyl groups is 2. The molecule has 8 rings (SSSR count). The van der Waals surface area contributed by atoms with Crippen molar-refractivity contribution in [1.82, 2.24) is 0 Å². The van der Waals surface area contributed by atoms with Gasteiger partial charge in [0.1, 0.15) is 0 Å². The summed E-state index contributed by atoms with van der Waals surface area (Å²) in [6.07, 6.45) is 35.2. The maximum atomic E-state index is 10.2. The van der Waals surface area contributed by atoms with Gasteiger partial charge in [-0.15, -0.1) is 0 Å². The smallest absolute Gasteiger partial charge is 0.0578 e. The van der Waals surface area contributed by atoms with Gasteiger partial charge in [-0.25, -0.2) is 0 Å². The molecule has 0 aromatic carbocycles. The average Bonchev–Trinajstić information content (AvgIpc) is 3.75. The molecule has 6 saturated carbocycles. The van der Waals surface area contributed by atoms with Crippen LogP contribution in [0.15, 0.2) is 57.7 Å². The average molecular weight is 823 g/mol. The first kappa shape index (κ1) is 46.6. The summed E-state index contributed by atoms with van der Waals surface area (Å²) in [4.78, 5) is 0. The van der Waals surface area contributed by atoms with Crippen molar-refractivity contribution in [1.29, 1.82) is 0 Å². The molecule has 15 atom stereocenters. The minimum atomic E-state index is -0.112. The highest BCUT2D eigenvalue weighted by atomic mass is 16.3. The Bertz CT molecular complexity index is 1680. The molecule has 338 valence electrons. The monoisotopic (exact) mass is 823 g/mol. The Morgan fingerprint density at radius 3 is 1.95 bits per heavy atom. The molecule has 0 amide bonds. The molecule has 2 heteroatoms. The Balaban J connectivity index is 0.000000181. The van der Waals surface area contributed by atoms with Gasteiger partial charge in [0, 0.05) is 0 Å². The van der Waals surface area contributed by atoms with Crippen molar-refractivity contribution in [3.63, 3.8) is 0 Å². The maximum Gasteiger partial charge on any atom is 0.0578 e. The van der Waals surface area contributed by atoms with Crippen molar-refractivity contribution < 1.29 is 10.2 Å². The van der Waals surface area contributed by atoms with E-state index in [0.717, 1.165) is 78.9 Å². The summed E-state index contributed by atoms with van der Waals surface area (Å²) in [7, 11) is 0. The van der Waals surface area contributed by atoms with Crippen LogP contribution in [0.5, 0.6) is 0 Å². The van der Waals surface area contributed by atoms with E-state index in [1.807, 2.05) is 0 Å². The minimum Gasteiger partial charge on any atom is -0.393 e. The van der Waals surface area contributed by atoms with Crippen LogP contribution in [0.3, 0.4) is 0 Å². The first-order chi connectivity index (χ1) is 28.4. The molecule has 0 spiro atoms. The number of rotatable bonds is 10. The molecule has 8 aliphatic rings. The molecule has 0 aromatic heterocycles. The highest BCUT2D eigenvalue weighted by molar-refractivity contribution is 5.39. The van der Waals surface area contributed by atoms with Crippen LogP contribution >= 0.6 is 0 Å². The number of fused-ring (bicyclic) bond motifs is 10. The third kappa shape index (κ3) is 8.37. The lowest BCUT2D eigenvalue weighted by atomic mass is 9.47. The van der Waals surface area contributed by atoms with Crippen molar-refractivity contribution in [2.24, 2.45) is 80.8 Å². The quantitative estimate of drug-likeness (QED) is 0.216. The summed E-state index contributed by atoms with van der Waals surface area (Å²) < 4.78 is 0. The van der Waals surface area contributed by atoms with E-state index >= 15 is 0 Å². The van der Waals surface area contributed by atoms with Gasteiger partial charge in [0.2, 0.25) is 0 Å². The lowest BCUT2D eigenvalue weighted by molar-refractivity contribution is -0.0571. The molecular formula is C58H94O2. The van der Waals surface area contributed by atoms with Crippen LogP contribution in [0.4, 0.5) is 0 Å². The topological polar surface area (TPSA) is 40.5 Å². The number of hydrogen-bond donors (Lipinski definition) is 2. The molecule has 0 radical (unpaired) electrons. The molecular weight excluding hydrogens is 729 g/mol. The molecule has 15 unspecified atom stereocenters. The largest absolute Gasteiger partial charge is 0.393 e. The Hall–Kier alpha value is -1.38. The van der Waals surface area contributed by atoms with Crippen molar-refractivity contribution in [2.45, 2.75) is 224 Å². The molecule has 0 bridgehead atoms. The first-order valence-electron chi connectivity index (χ1n) is 26.2. The minimum absolute atomic E-state index is 0.0839. The van der Waals surface area contributed by atoms with Gasteiger partial charge in [0.05, 0.1) is 12.2 Å². The van der Waals surface area contributed by atoms with Gasteiger partial charge in [-0.3, -0.25) is 0 Å². The van der Waals surface area contributed by atoms with Crippen LogP contribution in [0.2, 0.25) is 0 Å². The fourth-order valence-electron chi connectivity index (χ4n) is 17.3. The molecule has 6 fully saturated rings. The zero-order chi connectivity index (χ0) is 43.4. The Morgan fingerprint density at radius 2 is 1.30 bits per heavy atom. The fraction of sp³-hybridized carbons (Fsp3) is 0.828. The normalized spacial score (nSPS) is 43.0. The summed E-state index contributed by atoms with van der Waals surface area (Å²) in [6, 6.07) is 0. The van der Waals surface area contributed by atoms with Crippen molar-refractivity contribution >= 4 is 0 Å². The van der Waals surface area contributed by atoms with E-state index in [1.165, 1.54) is 108 Å². The summed E-state index contributed by atoms with van der Waals surface area (Å²) in [5.41, 5.74) is 11.6. The molecule has 8 aliphatic carbocycles. The third-order valence-corrected chi connectivity index (χ3v) is 21.2. The molecule has 2 nitrogen and oxygen atoms in total. The second-order valence-corrected chi connectivity index (χ2v) is 24.4. The summed E-state index contributed by atoms with van der Waals surface area (Å²) in [6.45, 7) is 29.4. The summed E-state index contributed by atoms with van der Waals surface area (Å²) in [5.74, 6) is 8.38. The van der Waals surface area contributed by atoms with Crippen LogP contribution < -0.4 is 0 Å². The number of aliphatic hydroxyl groups excluding tert-OH is 2. The highest BCUT2D eigenvalue weighted by Gasteiger charge is 2.60. The molecule has 0 saturated heterocycles. The predicted octanol–water partition coefficient (Wildman–Crippen LogP) is 16.0. The fourth-order valence-corrected chi connectivity index (χ4v) is 17.3. The second-order valence-electron chi connectivity index (χ2n) is 24.4. The van der Waals surface area contributed by atoms with Gasteiger partial charge >= 0.3 is 0 Å². The van der Waals surface area contributed by atoms with Gasteiger partial charge in [0.25, 0.3) is 0 Å². The van der Waals surface area contributed by atoms with Crippen molar-refractivity contribution in [2.75, 3.05) is 0 Å². The van der Waals surface area contributed by atoms with E-state index in [2.05, 4.69) is 107 Å². The Labute approximate surface area is 371 Å². The highest BCUT2D eigenvalue weighted by Crippen LogP contribution is 2.68.